The van der Waals surface area contributed by atoms with Crippen LogP contribution in [0.3, 0.4) is 0 Å². The van der Waals surface area contributed by atoms with E-state index in [0.717, 1.165) is 37.7 Å². The van der Waals surface area contributed by atoms with Gasteiger partial charge in [-0.25, -0.2) is 0 Å². The Labute approximate surface area is 167 Å². The number of aryl methyl sites for hydroxylation is 1. The highest BCUT2D eigenvalue weighted by atomic mass is 32.1. The lowest BCUT2D eigenvalue weighted by molar-refractivity contribution is -0.152. The lowest BCUT2D eigenvalue weighted by Gasteiger charge is -2.13. The summed E-state index contributed by atoms with van der Waals surface area (Å²) in [6.07, 6.45) is 4.13. The van der Waals surface area contributed by atoms with Crippen molar-refractivity contribution in [2.75, 3.05) is 5.32 Å². The maximum absolute atomic E-state index is 12.5. The van der Waals surface area contributed by atoms with Crippen LogP contribution < -0.4 is 5.32 Å². The molecule has 2 aromatic rings. The van der Waals surface area contributed by atoms with E-state index < -0.39 is 18.0 Å². The van der Waals surface area contributed by atoms with Gasteiger partial charge in [-0.15, -0.1) is 11.3 Å². The minimum absolute atomic E-state index is 0.00858. The van der Waals surface area contributed by atoms with Crippen LogP contribution in [0.5, 0.6) is 5.75 Å². The lowest BCUT2D eigenvalue weighted by atomic mass is 10.1. The fourth-order valence-corrected chi connectivity index (χ4v) is 4.48. The SMILES string of the molecule is C[C@H](OC(=O)Cc1ccc(O)cc1)C(=O)Nc1sc2c(c1C#N)CCCCC2. The molecule has 1 aromatic carbocycles. The van der Waals surface area contributed by atoms with Crippen LogP contribution in [0.15, 0.2) is 24.3 Å². The van der Waals surface area contributed by atoms with Crippen LogP contribution in [0.1, 0.15) is 47.8 Å². The first-order chi connectivity index (χ1) is 13.5. The molecule has 1 aliphatic carbocycles. The normalized spacial score (nSPS) is 14.3. The Bertz CT molecular complexity index is 912. The summed E-state index contributed by atoms with van der Waals surface area (Å²) < 4.78 is 5.22. The number of phenolic OH excluding ortho intramolecular Hbond substituents is 1. The molecule has 146 valence electrons. The van der Waals surface area contributed by atoms with Gasteiger partial charge in [0.15, 0.2) is 6.10 Å². The molecule has 1 amide bonds. The molecule has 0 spiro atoms. The van der Waals surface area contributed by atoms with Gasteiger partial charge in [0.2, 0.25) is 0 Å². The maximum atomic E-state index is 12.5. The van der Waals surface area contributed by atoms with Crippen molar-refractivity contribution in [3.63, 3.8) is 0 Å². The summed E-state index contributed by atoms with van der Waals surface area (Å²) in [6, 6.07) is 8.45. The van der Waals surface area contributed by atoms with E-state index in [1.807, 2.05) is 0 Å². The van der Waals surface area contributed by atoms with Crippen LogP contribution in [0.25, 0.3) is 0 Å². The number of hydrogen-bond donors (Lipinski definition) is 2. The van der Waals surface area contributed by atoms with E-state index in [1.165, 1.54) is 35.3 Å². The molecule has 1 aliphatic rings. The summed E-state index contributed by atoms with van der Waals surface area (Å²) in [4.78, 5) is 25.7. The number of nitrogens with one attached hydrogen (secondary N) is 1. The molecule has 1 aromatic heterocycles. The number of hydrogen-bond acceptors (Lipinski definition) is 6. The van der Waals surface area contributed by atoms with Gasteiger partial charge in [-0.2, -0.15) is 5.26 Å². The number of benzene rings is 1. The Morgan fingerprint density at radius 2 is 1.96 bits per heavy atom. The third-order valence-electron chi connectivity index (χ3n) is 4.73. The van der Waals surface area contributed by atoms with Gasteiger partial charge in [-0.1, -0.05) is 18.6 Å². The zero-order chi connectivity index (χ0) is 20.1. The zero-order valence-corrected chi connectivity index (χ0v) is 16.5. The third kappa shape index (κ3) is 4.70. The number of nitrogens with zero attached hydrogens (tertiary/aromatic N) is 1. The number of fused-ring (bicyclic) bond motifs is 1. The number of carbonyl (C=O) groups excluding carboxylic acids is 2. The molecular weight excluding hydrogens is 376 g/mol. The van der Waals surface area contributed by atoms with Crippen LogP contribution in [0, 0.1) is 11.3 Å². The predicted octanol–water partition coefficient (Wildman–Crippen LogP) is 3.71. The first-order valence-electron chi connectivity index (χ1n) is 9.31. The standard InChI is InChI=1S/C21H22N2O4S/c1-13(27-19(25)11-14-7-9-15(24)10-8-14)20(26)23-21-17(12-22)16-5-3-2-4-6-18(16)28-21/h7-10,13,24H,2-6,11H2,1H3,(H,23,26)/t13-/m0/s1. The van der Waals surface area contributed by atoms with Gasteiger partial charge in [0.1, 0.15) is 16.8 Å². The van der Waals surface area contributed by atoms with Crippen LogP contribution in [-0.4, -0.2) is 23.1 Å². The molecule has 0 saturated carbocycles. The van der Waals surface area contributed by atoms with Gasteiger partial charge in [-0.05, 0) is 55.9 Å². The predicted molar refractivity (Wildman–Crippen MR) is 106 cm³/mol. The Kier molecular flexibility index (Phi) is 6.32. The Hall–Kier alpha value is -2.85. The van der Waals surface area contributed by atoms with E-state index in [1.54, 1.807) is 12.1 Å². The number of anilines is 1. The number of amides is 1. The second-order valence-corrected chi connectivity index (χ2v) is 7.95. The van der Waals surface area contributed by atoms with Crippen molar-refractivity contribution >= 4 is 28.2 Å². The number of esters is 1. The number of ether oxygens (including phenoxy) is 1. The molecule has 1 atom stereocenters. The van der Waals surface area contributed by atoms with Crippen LogP contribution >= 0.6 is 11.3 Å². The molecule has 0 unspecified atom stereocenters. The van der Waals surface area contributed by atoms with Gasteiger partial charge in [-0.3, -0.25) is 9.59 Å². The molecule has 0 fully saturated rings. The van der Waals surface area contributed by atoms with E-state index in [9.17, 15) is 20.0 Å². The first-order valence-corrected chi connectivity index (χ1v) is 10.1. The molecule has 0 bridgehead atoms. The Morgan fingerprint density at radius 1 is 1.25 bits per heavy atom. The average molecular weight is 398 g/mol. The summed E-state index contributed by atoms with van der Waals surface area (Å²) in [5.74, 6) is -0.865. The number of nitriles is 1. The summed E-state index contributed by atoms with van der Waals surface area (Å²) in [5, 5.41) is 22.1. The molecule has 2 N–H and O–H groups in total. The summed E-state index contributed by atoms with van der Waals surface area (Å²) in [6.45, 7) is 1.51. The van der Waals surface area contributed by atoms with Gasteiger partial charge < -0.3 is 15.2 Å². The summed E-state index contributed by atoms with van der Waals surface area (Å²) in [5.41, 5.74) is 2.28. The second kappa shape index (κ2) is 8.89. The Balaban J connectivity index is 1.62. The van der Waals surface area contributed by atoms with Crippen molar-refractivity contribution in [2.24, 2.45) is 0 Å². The largest absolute Gasteiger partial charge is 0.508 e. The van der Waals surface area contributed by atoms with Crippen molar-refractivity contribution < 1.29 is 19.4 Å². The number of rotatable bonds is 5. The van der Waals surface area contributed by atoms with Gasteiger partial charge >= 0.3 is 5.97 Å². The Morgan fingerprint density at radius 3 is 2.68 bits per heavy atom. The molecule has 1 heterocycles. The minimum atomic E-state index is -0.974. The van der Waals surface area contributed by atoms with Crippen molar-refractivity contribution in [3.8, 4) is 11.8 Å². The lowest BCUT2D eigenvalue weighted by Crippen LogP contribution is -2.30. The van der Waals surface area contributed by atoms with Gasteiger partial charge in [0.05, 0.1) is 12.0 Å². The highest BCUT2D eigenvalue weighted by Gasteiger charge is 2.24. The third-order valence-corrected chi connectivity index (χ3v) is 5.94. The number of carbonyl (C=O) groups is 2. The fourth-order valence-electron chi connectivity index (χ4n) is 3.24. The number of aromatic hydroxyl groups is 1. The summed E-state index contributed by atoms with van der Waals surface area (Å²) >= 11 is 1.45. The molecule has 3 rings (SSSR count). The van der Waals surface area contributed by atoms with Crippen LogP contribution in [0.4, 0.5) is 5.00 Å². The van der Waals surface area contributed by atoms with E-state index in [0.29, 0.717) is 16.1 Å². The molecule has 0 radical (unpaired) electrons. The van der Waals surface area contributed by atoms with Crippen LogP contribution in [-0.2, 0) is 33.6 Å². The topological polar surface area (TPSA) is 99.4 Å². The molecule has 0 aliphatic heterocycles. The monoisotopic (exact) mass is 398 g/mol. The molecule has 6 nitrogen and oxygen atoms in total. The first kappa shape index (κ1) is 19.9. The quantitative estimate of drug-likeness (QED) is 0.591. The van der Waals surface area contributed by atoms with Crippen molar-refractivity contribution in [2.45, 2.75) is 51.6 Å². The molecule has 28 heavy (non-hydrogen) atoms. The smallest absolute Gasteiger partial charge is 0.311 e. The fraction of sp³-hybridized carbons (Fsp3) is 0.381. The number of phenols is 1. The van der Waals surface area contributed by atoms with E-state index in [-0.39, 0.29) is 12.2 Å². The minimum Gasteiger partial charge on any atom is -0.508 e. The average Bonchev–Trinajstić information content (AvgIpc) is 2.83. The summed E-state index contributed by atoms with van der Waals surface area (Å²) in [7, 11) is 0. The van der Waals surface area contributed by atoms with Gasteiger partial charge in [0.25, 0.3) is 5.91 Å². The highest BCUT2D eigenvalue weighted by Crippen LogP contribution is 2.37. The van der Waals surface area contributed by atoms with Gasteiger partial charge in [0, 0.05) is 4.88 Å². The molecule has 7 heteroatoms. The van der Waals surface area contributed by atoms with E-state index in [4.69, 9.17) is 4.74 Å². The van der Waals surface area contributed by atoms with Crippen molar-refractivity contribution in [1.29, 1.82) is 5.26 Å². The van der Waals surface area contributed by atoms with Crippen LogP contribution in [0.2, 0.25) is 0 Å². The van der Waals surface area contributed by atoms with E-state index >= 15 is 0 Å². The van der Waals surface area contributed by atoms with E-state index in [2.05, 4.69) is 11.4 Å². The molecule has 0 saturated heterocycles. The second-order valence-electron chi connectivity index (χ2n) is 6.84. The highest BCUT2D eigenvalue weighted by molar-refractivity contribution is 7.16. The molecular formula is C21H22N2O4S. The van der Waals surface area contributed by atoms with Crippen molar-refractivity contribution in [1.82, 2.24) is 0 Å². The number of thiophene rings is 1. The maximum Gasteiger partial charge on any atom is 0.311 e. The zero-order valence-electron chi connectivity index (χ0n) is 15.7. The van der Waals surface area contributed by atoms with Crippen molar-refractivity contribution in [3.05, 3.63) is 45.8 Å².